The van der Waals surface area contributed by atoms with Gasteiger partial charge in [-0.3, -0.25) is 9.59 Å². The van der Waals surface area contributed by atoms with E-state index < -0.39 is 5.41 Å². The van der Waals surface area contributed by atoms with Crippen LogP contribution in [0.4, 0.5) is 0 Å². The van der Waals surface area contributed by atoms with Gasteiger partial charge in [0, 0.05) is 12.8 Å². The number of carbonyl (C=O) groups excluding carboxylic acids is 2. The summed E-state index contributed by atoms with van der Waals surface area (Å²) in [6.07, 6.45) is 3.19. The van der Waals surface area contributed by atoms with E-state index in [1.807, 2.05) is 13.8 Å². The average molecular weight is 198 g/mol. The molecule has 0 aliphatic heterocycles. The third-order valence-electron chi connectivity index (χ3n) is 2.84. The molecule has 0 aromatic rings. The highest BCUT2D eigenvalue weighted by atomic mass is 16.5. The third-order valence-corrected chi connectivity index (χ3v) is 2.84. The summed E-state index contributed by atoms with van der Waals surface area (Å²) in [7, 11) is 0. The zero-order valence-corrected chi connectivity index (χ0v) is 8.97. The maximum absolute atomic E-state index is 11.7. The minimum absolute atomic E-state index is 0.133. The average Bonchev–Trinajstić information content (AvgIpc) is 2.19. The van der Waals surface area contributed by atoms with Crippen molar-refractivity contribution in [3.8, 4) is 0 Å². The summed E-state index contributed by atoms with van der Waals surface area (Å²) < 4.78 is 5.12. The first-order valence-corrected chi connectivity index (χ1v) is 5.27. The smallest absolute Gasteiger partial charge is 0.311 e. The Kier molecular flexibility index (Phi) is 3.67. The topological polar surface area (TPSA) is 43.4 Å². The summed E-state index contributed by atoms with van der Waals surface area (Å²) in [5.74, 6) is 0.137. The van der Waals surface area contributed by atoms with Gasteiger partial charge in [-0.05, 0) is 26.2 Å². The molecule has 1 fully saturated rings. The molecule has 1 saturated carbocycles. The molecule has 0 spiro atoms. The SMILES string of the molecule is CCCOC(=O)C1(C)CCC(=O)CC1. The lowest BCUT2D eigenvalue weighted by Crippen LogP contribution is -2.34. The van der Waals surface area contributed by atoms with Gasteiger partial charge in [0.15, 0.2) is 0 Å². The van der Waals surface area contributed by atoms with Gasteiger partial charge in [0.2, 0.25) is 0 Å². The van der Waals surface area contributed by atoms with Crippen LogP contribution >= 0.6 is 0 Å². The number of hydrogen-bond acceptors (Lipinski definition) is 3. The summed E-state index contributed by atoms with van der Waals surface area (Å²) in [4.78, 5) is 22.7. The lowest BCUT2D eigenvalue weighted by molar-refractivity contribution is -0.157. The van der Waals surface area contributed by atoms with Crippen LogP contribution in [0.15, 0.2) is 0 Å². The largest absolute Gasteiger partial charge is 0.465 e. The minimum Gasteiger partial charge on any atom is -0.465 e. The van der Waals surface area contributed by atoms with E-state index in [2.05, 4.69) is 0 Å². The second-order valence-corrected chi connectivity index (χ2v) is 4.24. The predicted molar refractivity (Wildman–Crippen MR) is 52.8 cm³/mol. The van der Waals surface area contributed by atoms with Gasteiger partial charge in [0.1, 0.15) is 5.78 Å². The van der Waals surface area contributed by atoms with Crippen molar-refractivity contribution in [1.82, 2.24) is 0 Å². The van der Waals surface area contributed by atoms with E-state index in [1.54, 1.807) is 0 Å². The van der Waals surface area contributed by atoms with Crippen molar-refractivity contribution in [2.45, 2.75) is 46.0 Å². The standard InChI is InChI=1S/C11H18O3/c1-3-8-14-10(13)11(2)6-4-9(12)5-7-11/h3-8H2,1-2H3. The van der Waals surface area contributed by atoms with E-state index in [0.717, 1.165) is 6.42 Å². The monoisotopic (exact) mass is 198 g/mol. The van der Waals surface area contributed by atoms with Gasteiger partial charge >= 0.3 is 5.97 Å². The molecule has 1 rings (SSSR count). The Balaban J connectivity index is 2.48. The Bertz CT molecular complexity index is 223. The molecule has 80 valence electrons. The lowest BCUT2D eigenvalue weighted by atomic mass is 9.75. The van der Waals surface area contributed by atoms with Crippen LogP contribution < -0.4 is 0 Å². The summed E-state index contributed by atoms with van der Waals surface area (Å²) >= 11 is 0. The van der Waals surface area contributed by atoms with Crippen molar-refractivity contribution in [2.24, 2.45) is 5.41 Å². The maximum atomic E-state index is 11.7. The second-order valence-electron chi connectivity index (χ2n) is 4.24. The molecule has 0 amide bonds. The van der Waals surface area contributed by atoms with Gasteiger partial charge in [-0.25, -0.2) is 0 Å². The lowest BCUT2D eigenvalue weighted by Gasteiger charge is -2.30. The van der Waals surface area contributed by atoms with Gasteiger partial charge < -0.3 is 4.74 Å². The first-order valence-electron chi connectivity index (χ1n) is 5.27. The molecule has 0 atom stereocenters. The first kappa shape index (κ1) is 11.2. The molecular weight excluding hydrogens is 180 g/mol. The van der Waals surface area contributed by atoms with E-state index in [0.29, 0.717) is 32.3 Å². The number of rotatable bonds is 3. The Hall–Kier alpha value is -0.860. The third kappa shape index (κ3) is 2.56. The van der Waals surface area contributed by atoms with Crippen LogP contribution in [-0.2, 0) is 14.3 Å². The Labute approximate surface area is 84.8 Å². The van der Waals surface area contributed by atoms with Crippen LogP contribution in [0.25, 0.3) is 0 Å². The minimum atomic E-state index is -0.414. The van der Waals surface area contributed by atoms with Crippen LogP contribution in [0, 0.1) is 5.41 Å². The molecule has 0 N–H and O–H groups in total. The number of carbonyl (C=O) groups is 2. The molecule has 14 heavy (non-hydrogen) atoms. The molecule has 3 heteroatoms. The Morgan fingerprint density at radius 3 is 2.50 bits per heavy atom. The molecule has 0 radical (unpaired) electrons. The van der Waals surface area contributed by atoms with Gasteiger partial charge in [-0.15, -0.1) is 0 Å². The molecule has 0 aromatic heterocycles. The summed E-state index contributed by atoms with van der Waals surface area (Å²) in [6.45, 7) is 4.36. The number of hydrogen-bond donors (Lipinski definition) is 0. The Morgan fingerprint density at radius 1 is 1.43 bits per heavy atom. The summed E-state index contributed by atoms with van der Waals surface area (Å²) in [6, 6.07) is 0. The van der Waals surface area contributed by atoms with Crippen LogP contribution in [-0.4, -0.2) is 18.4 Å². The van der Waals surface area contributed by atoms with Crippen molar-refractivity contribution >= 4 is 11.8 Å². The number of ether oxygens (including phenoxy) is 1. The first-order chi connectivity index (χ1) is 6.58. The van der Waals surface area contributed by atoms with E-state index in [-0.39, 0.29) is 11.8 Å². The molecular formula is C11H18O3. The fourth-order valence-corrected chi connectivity index (χ4v) is 1.65. The fraction of sp³-hybridized carbons (Fsp3) is 0.818. The van der Waals surface area contributed by atoms with Gasteiger partial charge in [0.25, 0.3) is 0 Å². The highest BCUT2D eigenvalue weighted by Crippen LogP contribution is 2.35. The highest BCUT2D eigenvalue weighted by molar-refractivity contribution is 5.84. The molecule has 0 unspecified atom stereocenters. The van der Waals surface area contributed by atoms with E-state index in [9.17, 15) is 9.59 Å². The van der Waals surface area contributed by atoms with E-state index in [1.165, 1.54) is 0 Å². The zero-order valence-electron chi connectivity index (χ0n) is 8.97. The highest BCUT2D eigenvalue weighted by Gasteiger charge is 2.38. The summed E-state index contributed by atoms with van der Waals surface area (Å²) in [5.41, 5.74) is -0.414. The molecule has 0 heterocycles. The fourth-order valence-electron chi connectivity index (χ4n) is 1.65. The van der Waals surface area contributed by atoms with E-state index >= 15 is 0 Å². The molecule has 0 saturated heterocycles. The van der Waals surface area contributed by atoms with Gasteiger partial charge in [-0.2, -0.15) is 0 Å². The van der Waals surface area contributed by atoms with Gasteiger partial charge in [-0.1, -0.05) is 6.92 Å². The van der Waals surface area contributed by atoms with Crippen molar-refractivity contribution in [3.05, 3.63) is 0 Å². The zero-order chi connectivity index (χ0) is 10.6. The maximum Gasteiger partial charge on any atom is 0.311 e. The van der Waals surface area contributed by atoms with Crippen LogP contribution in [0.2, 0.25) is 0 Å². The molecule has 1 aliphatic rings. The Morgan fingerprint density at radius 2 is 2.00 bits per heavy atom. The quantitative estimate of drug-likeness (QED) is 0.652. The second kappa shape index (κ2) is 4.58. The van der Waals surface area contributed by atoms with Crippen molar-refractivity contribution in [3.63, 3.8) is 0 Å². The number of Topliss-reactive ketones (excluding diaryl/α,β-unsaturated/α-hetero) is 1. The molecule has 3 nitrogen and oxygen atoms in total. The van der Waals surface area contributed by atoms with Crippen molar-refractivity contribution < 1.29 is 14.3 Å². The number of esters is 1. The van der Waals surface area contributed by atoms with Crippen LogP contribution in [0.5, 0.6) is 0 Å². The van der Waals surface area contributed by atoms with Crippen molar-refractivity contribution in [1.29, 1.82) is 0 Å². The normalized spacial score (nSPS) is 20.6. The molecule has 0 bridgehead atoms. The molecule has 0 aromatic carbocycles. The van der Waals surface area contributed by atoms with Crippen LogP contribution in [0.3, 0.4) is 0 Å². The van der Waals surface area contributed by atoms with E-state index in [4.69, 9.17) is 4.74 Å². The molecule has 1 aliphatic carbocycles. The van der Waals surface area contributed by atoms with Crippen LogP contribution in [0.1, 0.15) is 46.0 Å². The van der Waals surface area contributed by atoms with Crippen molar-refractivity contribution in [2.75, 3.05) is 6.61 Å². The summed E-state index contributed by atoms with van der Waals surface area (Å²) in [5, 5.41) is 0. The van der Waals surface area contributed by atoms with Gasteiger partial charge in [0.05, 0.1) is 12.0 Å². The predicted octanol–water partition coefficient (Wildman–Crippen LogP) is 2.09. The number of ketones is 1.